The lowest BCUT2D eigenvalue weighted by Gasteiger charge is -2.24. The van der Waals surface area contributed by atoms with Gasteiger partial charge in [-0.1, -0.05) is 6.42 Å². The molecule has 0 aromatic rings. The molecule has 4 fully saturated rings. The number of nitrogens with one attached hydrogen (secondary N) is 2. The highest BCUT2D eigenvalue weighted by atomic mass is 16.5. The Kier molecular flexibility index (Phi) is 6.11. The minimum Gasteiger partial charge on any atom is -0.464 e. The quantitative estimate of drug-likeness (QED) is 0.683. The molecule has 0 aromatic carbocycles. The molecule has 0 radical (unpaired) electrons. The second-order valence-corrected chi connectivity index (χ2v) is 7.37. The number of rotatable bonds is 5. The minimum absolute atomic E-state index is 0.00801. The smallest absolute Gasteiger partial charge is 0.328 e. The highest BCUT2D eigenvalue weighted by Gasteiger charge is 2.32. The van der Waals surface area contributed by atoms with Crippen molar-refractivity contribution >= 4 is 23.8 Å². The molecule has 8 nitrogen and oxygen atoms in total. The molecule has 0 unspecified atom stereocenters. The van der Waals surface area contributed by atoms with Crippen molar-refractivity contribution in [3.8, 4) is 0 Å². The van der Waals surface area contributed by atoms with E-state index < -0.39 is 0 Å². The maximum Gasteiger partial charge on any atom is 0.328 e. The molecule has 0 bridgehead atoms. The topological polar surface area (TPSA) is 111 Å². The molecular weight excluding hydrogens is 340 g/mol. The number of ether oxygens (including phenoxy) is 2. The third kappa shape index (κ3) is 5.19. The fraction of sp³-hybridized carbons (Fsp3) is 0.778. The van der Waals surface area contributed by atoms with Crippen molar-refractivity contribution in [2.75, 3.05) is 13.2 Å². The van der Waals surface area contributed by atoms with E-state index in [1.165, 1.54) is 0 Å². The van der Waals surface area contributed by atoms with Crippen LogP contribution in [0.3, 0.4) is 0 Å². The summed E-state index contributed by atoms with van der Waals surface area (Å²) < 4.78 is 9.48. The summed E-state index contributed by atoms with van der Waals surface area (Å²) in [6.07, 6.45) is 7.19. The van der Waals surface area contributed by atoms with Crippen LogP contribution in [0.15, 0.2) is 0 Å². The van der Waals surface area contributed by atoms with Crippen molar-refractivity contribution in [3.63, 3.8) is 0 Å². The zero-order chi connectivity index (χ0) is 18.5. The van der Waals surface area contributed by atoms with E-state index in [4.69, 9.17) is 9.47 Å². The van der Waals surface area contributed by atoms with E-state index in [2.05, 4.69) is 10.6 Å². The van der Waals surface area contributed by atoms with E-state index in [1.54, 1.807) is 0 Å². The van der Waals surface area contributed by atoms with Crippen molar-refractivity contribution in [2.24, 2.45) is 11.8 Å². The maximum atomic E-state index is 11.4. The summed E-state index contributed by atoms with van der Waals surface area (Å²) in [6, 6.07) is -0.764. The average Bonchev–Trinajstić information content (AvgIpc) is 3.13. The summed E-state index contributed by atoms with van der Waals surface area (Å²) in [7, 11) is 0. The first kappa shape index (κ1) is 18.7. The monoisotopic (exact) mass is 366 g/mol. The number of hydrogen-bond acceptors (Lipinski definition) is 6. The van der Waals surface area contributed by atoms with Crippen molar-refractivity contribution in [1.29, 1.82) is 0 Å². The number of carbonyl (C=O) groups is 4. The van der Waals surface area contributed by atoms with E-state index in [9.17, 15) is 19.2 Å². The number of cyclic esters (lactones) is 2. The molecule has 2 amide bonds. The lowest BCUT2D eigenvalue weighted by atomic mass is 9.84. The molecule has 0 aromatic heterocycles. The second kappa shape index (κ2) is 8.51. The fourth-order valence-electron chi connectivity index (χ4n) is 3.05. The zero-order valence-electron chi connectivity index (χ0n) is 14.8. The summed E-state index contributed by atoms with van der Waals surface area (Å²) in [5.74, 6) is 0.157. The van der Waals surface area contributed by atoms with E-state index in [0.717, 1.165) is 32.1 Å². The molecule has 26 heavy (non-hydrogen) atoms. The Morgan fingerprint density at radius 3 is 1.85 bits per heavy atom. The van der Waals surface area contributed by atoms with Crippen molar-refractivity contribution in [2.45, 2.75) is 63.5 Å². The Labute approximate surface area is 152 Å². The van der Waals surface area contributed by atoms with E-state index in [0.29, 0.717) is 38.4 Å². The van der Waals surface area contributed by atoms with Crippen LogP contribution in [0.4, 0.5) is 0 Å². The first-order valence-corrected chi connectivity index (χ1v) is 9.46. The van der Waals surface area contributed by atoms with Crippen LogP contribution in [0, 0.1) is 11.8 Å². The van der Waals surface area contributed by atoms with Crippen LogP contribution in [0.1, 0.15) is 51.4 Å². The molecular formula is C18H26N2O6. The van der Waals surface area contributed by atoms with Gasteiger partial charge in [-0.15, -0.1) is 0 Å². The van der Waals surface area contributed by atoms with Crippen LogP contribution < -0.4 is 10.6 Å². The van der Waals surface area contributed by atoms with Crippen LogP contribution in [-0.2, 0) is 28.7 Å². The first-order chi connectivity index (χ1) is 12.5. The van der Waals surface area contributed by atoms with Crippen LogP contribution in [0.5, 0.6) is 0 Å². The lowest BCUT2D eigenvalue weighted by Crippen LogP contribution is -2.43. The maximum absolute atomic E-state index is 11.4. The predicted octanol–water partition coefficient (Wildman–Crippen LogP) is 0.436. The van der Waals surface area contributed by atoms with E-state index in [-0.39, 0.29) is 41.8 Å². The molecule has 2 atom stereocenters. The summed E-state index contributed by atoms with van der Waals surface area (Å²) >= 11 is 0. The summed E-state index contributed by atoms with van der Waals surface area (Å²) in [6.45, 7) is 0.877. The SMILES string of the molecule is O=C(CC1CC1)N[C@H]1CCOC1=O.O=C(N[C@H]1CCOC1=O)C1CCC1. The molecule has 8 heteroatoms. The second-order valence-electron chi connectivity index (χ2n) is 7.37. The Hall–Kier alpha value is -2.12. The fourth-order valence-corrected chi connectivity index (χ4v) is 3.05. The third-order valence-electron chi connectivity index (χ3n) is 5.17. The lowest BCUT2D eigenvalue weighted by molar-refractivity contribution is -0.142. The van der Waals surface area contributed by atoms with Gasteiger partial charge in [0.25, 0.3) is 0 Å². The summed E-state index contributed by atoms with van der Waals surface area (Å²) in [5, 5.41) is 5.40. The van der Waals surface area contributed by atoms with Crippen molar-refractivity contribution < 1.29 is 28.7 Å². The van der Waals surface area contributed by atoms with Gasteiger partial charge in [-0.05, 0) is 31.6 Å². The number of hydrogen-bond donors (Lipinski definition) is 2. The zero-order valence-corrected chi connectivity index (χ0v) is 14.8. The first-order valence-electron chi connectivity index (χ1n) is 9.46. The van der Waals surface area contributed by atoms with E-state index in [1.807, 2.05) is 0 Å². The number of amides is 2. The summed E-state index contributed by atoms with van der Waals surface area (Å²) in [5.41, 5.74) is 0. The van der Waals surface area contributed by atoms with Gasteiger partial charge in [0.2, 0.25) is 11.8 Å². The molecule has 4 aliphatic rings. The van der Waals surface area contributed by atoms with Crippen LogP contribution in [0.2, 0.25) is 0 Å². The Balaban J connectivity index is 0.000000151. The van der Waals surface area contributed by atoms with Gasteiger partial charge in [-0.25, -0.2) is 9.59 Å². The minimum atomic E-state index is -0.383. The largest absolute Gasteiger partial charge is 0.464 e. The highest BCUT2D eigenvalue weighted by molar-refractivity contribution is 5.87. The van der Waals surface area contributed by atoms with Gasteiger partial charge in [0.1, 0.15) is 12.1 Å². The Morgan fingerprint density at radius 2 is 1.42 bits per heavy atom. The number of carbonyl (C=O) groups excluding carboxylic acids is 4. The average molecular weight is 366 g/mol. The van der Waals surface area contributed by atoms with Gasteiger partial charge >= 0.3 is 11.9 Å². The molecule has 2 aliphatic heterocycles. The molecule has 2 saturated heterocycles. The molecule has 2 aliphatic carbocycles. The molecule has 144 valence electrons. The van der Waals surface area contributed by atoms with Gasteiger partial charge in [0.05, 0.1) is 13.2 Å². The van der Waals surface area contributed by atoms with E-state index >= 15 is 0 Å². The van der Waals surface area contributed by atoms with Crippen molar-refractivity contribution in [1.82, 2.24) is 10.6 Å². The molecule has 4 rings (SSSR count). The molecule has 2 N–H and O–H groups in total. The third-order valence-corrected chi connectivity index (χ3v) is 5.17. The number of esters is 2. The standard InChI is InChI=1S/2C9H13NO3/c11-8(5-6-1-2-6)10-7-3-4-13-9(7)12;11-8(6-2-1-3-6)10-7-4-5-13-9(7)12/h2*6-7H,1-5H2,(H,10,11)/t2*7-/m00/s1. The van der Waals surface area contributed by atoms with Crippen molar-refractivity contribution in [3.05, 3.63) is 0 Å². The molecule has 0 spiro atoms. The molecule has 2 heterocycles. The van der Waals surface area contributed by atoms with Gasteiger partial charge in [-0.3, -0.25) is 9.59 Å². The van der Waals surface area contributed by atoms with Gasteiger partial charge in [-0.2, -0.15) is 0 Å². The van der Waals surface area contributed by atoms with Crippen LogP contribution in [-0.4, -0.2) is 49.1 Å². The van der Waals surface area contributed by atoms with Gasteiger partial charge in [0, 0.05) is 25.2 Å². The summed E-state index contributed by atoms with van der Waals surface area (Å²) in [4.78, 5) is 44.7. The highest BCUT2D eigenvalue weighted by Crippen LogP contribution is 2.32. The van der Waals surface area contributed by atoms with Gasteiger partial charge in [0.15, 0.2) is 0 Å². The molecule has 2 saturated carbocycles. The Morgan fingerprint density at radius 1 is 0.846 bits per heavy atom. The predicted molar refractivity (Wildman–Crippen MR) is 89.7 cm³/mol. The van der Waals surface area contributed by atoms with Crippen LogP contribution >= 0.6 is 0 Å². The van der Waals surface area contributed by atoms with Gasteiger partial charge < -0.3 is 20.1 Å². The van der Waals surface area contributed by atoms with Crippen LogP contribution in [0.25, 0.3) is 0 Å². The normalized spacial score (nSPS) is 27.5. The Bertz CT molecular complexity index is 570.